The maximum absolute atomic E-state index is 10.9. The van der Waals surface area contributed by atoms with Crippen molar-refractivity contribution >= 4 is 23.4 Å². The van der Waals surface area contributed by atoms with Gasteiger partial charge in [0.15, 0.2) is 5.82 Å². The number of ether oxygens (including phenoxy) is 1. The number of anilines is 1. The number of hydrogen-bond acceptors (Lipinski definition) is 5. The van der Waals surface area contributed by atoms with Crippen molar-refractivity contribution < 1.29 is 14.6 Å². The Bertz CT molecular complexity index is 681. The second-order valence-corrected chi connectivity index (χ2v) is 5.69. The van der Waals surface area contributed by atoms with Crippen molar-refractivity contribution in [2.24, 2.45) is 5.92 Å². The van der Waals surface area contributed by atoms with Crippen LogP contribution in [0.25, 0.3) is 0 Å². The Labute approximate surface area is 139 Å². The van der Waals surface area contributed by atoms with Crippen LogP contribution in [0.15, 0.2) is 36.7 Å². The van der Waals surface area contributed by atoms with Crippen molar-refractivity contribution in [3.8, 4) is 5.88 Å². The highest BCUT2D eigenvalue weighted by molar-refractivity contribution is 6.30. The molecule has 0 saturated carbocycles. The number of carboxylic acids is 1. The largest absolute Gasteiger partial charge is 0.481 e. The van der Waals surface area contributed by atoms with Crippen LogP contribution < -0.4 is 9.64 Å². The molecule has 1 unspecified atom stereocenters. The molecule has 23 heavy (non-hydrogen) atoms. The summed E-state index contributed by atoms with van der Waals surface area (Å²) in [5, 5.41) is 9.61. The maximum atomic E-state index is 10.9. The van der Waals surface area contributed by atoms with Gasteiger partial charge in [-0.05, 0) is 17.7 Å². The molecule has 0 aliphatic heterocycles. The quantitative estimate of drug-likeness (QED) is 0.838. The normalized spacial score (nSPS) is 11.8. The van der Waals surface area contributed by atoms with Crippen molar-refractivity contribution in [3.05, 3.63) is 47.2 Å². The van der Waals surface area contributed by atoms with Gasteiger partial charge >= 0.3 is 5.97 Å². The van der Waals surface area contributed by atoms with E-state index >= 15 is 0 Å². The van der Waals surface area contributed by atoms with Crippen molar-refractivity contribution in [1.29, 1.82) is 0 Å². The van der Waals surface area contributed by atoms with E-state index in [1.165, 1.54) is 6.20 Å². The van der Waals surface area contributed by atoms with E-state index in [-0.39, 0.29) is 0 Å². The summed E-state index contributed by atoms with van der Waals surface area (Å²) in [7, 11) is 1.77. The lowest BCUT2D eigenvalue weighted by Crippen LogP contribution is -2.29. The van der Waals surface area contributed by atoms with E-state index in [4.69, 9.17) is 21.4 Å². The zero-order valence-electron chi connectivity index (χ0n) is 12.9. The predicted octanol–water partition coefficient (Wildman–Crippen LogP) is 2.87. The van der Waals surface area contributed by atoms with Gasteiger partial charge in [-0.2, -0.15) is 4.98 Å². The standard InChI is InChI=1S/C16H18ClN3O3/c1-11(16(21)22)9-20(2)14-7-18-8-15(19-14)23-10-12-4-3-5-13(17)6-12/h3-8,11H,9-10H2,1-2H3,(H,21,22). The SMILES string of the molecule is CC(CN(C)c1cncc(OCc2cccc(Cl)c2)n1)C(=O)O. The van der Waals surface area contributed by atoms with Crippen LogP contribution in [0.4, 0.5) is 5.82 Å². The molecule has 1 aromatic carbocycles. The molecule has 0 spiro atoms. The number of rotatable bonds is 7. The summed E-state index contributed by atoms with van der Waals surface area (Å²) in [6.07, 6.45) is 3.09. The Hall–Kier alpha value is -2.34. The van der Waals surface area contributed by atoms with Crippen molar-refractivity contribution in [2.75, 3.05) is 18.5 Å². The van der Waals surface area contributed by atoms with Crippen LogP contribution in [0.1, 0.15) is 12.5 Å². The summed E-state index contributed by atoms with van der Waals surface area (Å²) in [6, 6.07) is 7.37. The molecule has 0 amide bonds. The van der Waals surface area contributed by atoms with Crippen LogP contribution in [0.5, 0.6) is 5.88 Å². The maximum Gasteiger partial charge on any atom is 0.308 e. The lowest BCUT2D eigenvalue weighted by atomic mass is 10.2. The predicted molar refractivity (Wildman–Crippen MR) is 87.9 cm³/mol. The highest BCUT2D eigenvalue weighted by atomic mass is 35.5. The first-order chi connectivity index (χ1) is 11.0. The minimum absolute atomic E-state index is 0.327. The van der Waals surface area contributed by atoms with Gasteiger partial charge in [-0.1, -0.05) is 30.7 Å². The third-order valence-corrected chi connectivity index (χ3v) is 3.47. The fourth-order valence-corrected chi connectivity index (χ4v) is 2.17. The number of hydrogen-bond donors (Lipinski definition) is 1. The molecule has 7 heteroatoms. The van der Waals surface area contributed by atoms with Gasteiger partial charge in [0.1, 0.15) is 6.61 Å². The molecule has 1 heterocycles. The van der Waals surface area contributed by atoms with Crippen molar-refractivity contribution in [3.63, 3.8) is 0 Å². The van der Waals surface area contributed by atoms with E-state index in [1.807, 2.05) is 18.2 Å². The highest BCUT2D eigenvalue weighted by Crippen LogP contribution is 2.16. The van der Waals surface area contributed by atoms with Crippen molar-refractivity contribution in [1.82, 2.24) is 9.97 Å². The fourth-order valence-electron chi connectivity index (χ4n) is 1.96. The Balaban J connectivity index is 2.00. The summed E-state index contributed by atoms with van der Waals surface area (Å²) in [6.45, 7) is 2.31. The smallest absolute Gasteiger partial charge is 0.308 e. The molecular weight excluding hydrogens is 318 g/mol. The summed E-state index contributed by atoms with van der Waals surface area (Å²) >= 11 is 5.93. The summed E-state index contributed by atoms with van der Waals surface area (Å²) in [5.74, 6) is -0.421. The van der Waals surface area contributed by atoms with Crippen LogP contribution in [-0.4, -0.2) is 34.6 Å². The number of nitrogens with zero attached hydrogens (tertiary/aromatic N) is 3. The lowest BCUT2D eigenvalue weighted by molar-refractivity contribution is -0.140. The summed E-state index contributed by atoms with van der Waals surface area (Å²) < 4.78 is 5.62. The monoisotopic (exact) mass is 335 g/mol. The van der Waals surface area contributed by atoms with Gasteiger partial charge in [0, 0.05) is 18.6 Å². The molecule has 2 rings (SSSR count). The molecule has 0 aliphatic rings. The van der Waals surface area contributed by atoms with Gasteiger partial charge in [-0.3, -0.25) is 9.78 Å². The lowest BCUT2D eigenvalue weighted by Gasteiger charge is -2.20. The van der Waals surface area contributed by atoms with E-state index in [0.29, 0.717) is 29.9 Å². The molecule has 0 bridgehead atoms. The Kier molecular flexibility index (Phi) is 5.76. The third-order valence-electron chi connectivity index (χ3n) is 3.24. The Morgan fingerprint density at radius 2 is 2.22 bits per heavy atom. The second kappa shape index (κ2) is 7.78. The molecule has 6 nitrogen and oxygen atoms in total. The molecule has 0 saturated heterocycles. The topological polar surface area (TPSA) is 75.5 Å². The number of carboxylic acid groups (broad SMARTS) is 1. The van der Waals surface area contributed by atoms with Crippen LogP contribution in [0.3, 0.4) is 0 Å². The average molecular weight is 336 g/mol. The molecule has 2 aromatic rings. The molecular formula is C16H18ClN3O3. The first-order valence-electron chi connectivity index (χ1n) is 7.09. The average Bonchev–Trinajstić information content (AvgIpc) is 2.53. The molecule has 0 aliphatic carbocycles. The first kappa shape index (κ1) is 17.0. The van der Waals surface area contributed by atoms with Gasteiger partial charge in [0.2, 0.25) is 5.88 Å². The minimum atomic E-state index is -0.849. The number of carbonyl (C=O) groups is 1. The molecule has 0 radical (unpaired) electrons. The third kappa shape index (κ3) is 5.10. The Morgan fingerprint density at radius 1 is 1.43 bits per heavy atom. The van der Waals surface area contributed by atoms with Crippen LogP contribution in [0, 0.1) is 5.92 Å². The second-order valence-electron chi connectivity index (χ2n) is 5.25. The molecule has 0 fully saturated rings. The van der Waals surface area contributed by atoms with Gasteiger partial charge in [-0.25, -0.2) is 0 Å². The van der Waals surface area contributed by atoms with Gasteiger partial charge in [-0.15, -0.1) is 0 Å². The van der Waals surface area contributed by atoms with Gasteiger partial charge < -0.3 is 14.7 Å². The highest BCUT2D eigenvalue weighted by Gasteiger charge is 2.15. The van der Waals surface area contributed by atoms with E-state index in [2.05, 4.69) is 9.97 Å². The summed E-state index contributed by atoms with van der Waals surface area (Å²) in [5.41, 5.74) is 0.928. The zero-order valence-corrected chi connectivity index (χ0v) is 13.7. The van der Waals surface area contributed by atoms with Gasteiger partial charge in [0.05, 0.1) is 18.3 Å². The molecule has 1 atom stereocenters. The first-order valence-corrected chi connectivity index (χ1v) is 7.46. The minimum Gasteiger partial charge on any atom is -0.481 e. The van der Waals surface area contributed by atoms with E-state index in [1.54, 1.807) is 31.1 Å². The van der Waals surface area contributed by atoms with E-state index < -0.39 is 11.9 Å². The number of aliphatic carboxylic acids is 1. The fraction of sp³-hybridized carbons (Fsp3) is 0.312. The van der Waals surface area contributed by atoms with Crippen LogP contribution >= 0.6 is 11.6 Å². The van der Waals surface area contributed by atoms with E-state index in [9.17, 15) is 4.79 Å². The Morgan fingerprint density at radius 3 is 2.91 bits per heavy atom. The molecule has 122 valence electrons. The van der Waals surface area contributed by atoms with Crippen molar-refractivity contribution in [2.45, 2.75) is 13.5 Å². The van der Waals surface area contributed by atoms with Gasteiger partial charge in [0.25, 0.3) is 0 Å². The molecule has 1 N–H and O–H groups in total. The number of aromatic nitrogens is 2. The van der Waals surface area contributed by atoms with Crippen LogP contribution in [0.2, 0.25) is 5.02 Å². The molecule has 1 aromatic heterocycles. The van der Waals surface area contributed by atoms with Crippen LogP contribution in [-0.2, 0) is 11.4 Å². The van der Waals surface area contributed by atoms with E-state index in [0.717, 1.165) is 5.56 Å². The number of benzene rings is 1. The number of halogens is 1. The zero-order chi connectivity index (χ0) is 16.8. The summed E-state index contributed by atoms with van der Waals surface area (Å²) in [4.78, 5) is 21.1.